The van der Waals surface area contributed by atoms with Gasteiger partial charge < -0.3 is 18.8 Å². The molecule has 0 saturated carbocycles. The molecule has 1 saturated heterocycles. The normalized spacial score (nSPS) is 17.8. The Morgan fingerprint density at radius 1 is 1.29 bits per heavy atom. The maximum Gasteiger partial charge on any atom is 0.257 e. The van der Waals surface area contributed by atoms with E-state index in [4.69, 9.17) is 13.9 Å². The molecule has 1 aromatic heterocycles. The predicted octanol–water partition coefficient (Wildman–Crippen LogP) is 2.99. The zero-order chi connectivity index (χ0) is 17.1. The highest BCUT2D eigenvalue weighted by molar-refractivity contribution is 5.95. The summed E-state index contributed by atoms with van der Waals surface area (Å²) in [6.45, 7) is 5.45. The van der Waals surface area contributed by atoms with Crippen LogP contribution in [0.3, 0.4) is 0 Å². The molecule has 1 aromatic carbocycles. The molecule has 1 fully saturated rings. The maximum absolute atomic E-state index is 12.7. The van der Waals surface area contributed by atoms with Crippen LogP contribution in [-0.2, 0) is 11.2 Å². The Kier molecular flexibility index (Phi) is 4.90. The molecule has 0 aliphatic carbocycles. The minimum absolute atomic E-state index is 0.00407. The number of hydrogen-bond acceptors (Lipinski definition) is 4. The molecule has 3 rings (SSSR count). The summed E-state index contributed by atoms with van der Waals surface area (Å²) in [7, 11) is 1.66. The number of hydrogen-bond donors (Lipinski definition) is 0. The van der Waals surface area contributed by atoms with Crippen LogP contribution in [0.5, 0.6) is 5.75 Å². The fraction of sp³-hybridized carbons (Fsp3) is 0.421. The van der Waals surface area contributed by atoms with Gasteiger partial charge in [-0.05, 0) is 37.6 Å². The second-order valence-corrected chi connectivity index (χ2v) is 6.12. The lowest BCUT2D eigenvalue weighted by atomic mass is 10.1. The summed E-state index contributed by atoms with van der Waals surface area (Å²) in [5.41, 5.74) is 1.82. The molecule has 2 aromatic rings. The number of morpholine rings is 1. The Morgan fingerprint density at radius 3 is 2.67 bits per heavy atom. The smallest absolute Gasteiger partial charge is 0.257 e. The van der Waals surface area contributed by atoms with Gasteiger partial charge >= 0.3 is 0 Å². The molecule has 0 radical (unpaired) electrons. The van der Waals surface area contributed by atoms with E-state index in [0.717, 1.165) is 17.9 Å². The number of ether oxygens (including phenoxy) is 2. The monoisotopic (exact) mass is 329 g/mol. The highest BCUT2D eigenvalue weighted by atomic mass is 16.5. The first-order chi connectivity index (χ1) is 11.6. The third kappa shape index (κ3) is 3.62. The van der Waals surface area contributed by atoms with Crippen molar-refractivity contribution in [3.63, 3.8) is 0 Å². The molecule has 1 atom stereocenters. The Balaban J connectivity index is 1.65. The molecule has 0 N–H and O–H groups in total. The van der Waals surface area contributed by atoms with Crippen molar-refractivity contribution >= 4 is 5.91 Å². The van der Waals surface area contributed by atoms with Gasteiger partial charge in [0.1, 0.15) is 17.3 Å². The zero-order valence-electron chi connectivity index (χ0n) is 14.4. The fourth-order valence-electron chi connectivity index (χ4n) is 3.07. The molecule has 128 valence electrons. The van der Waals surface area contributed by atoms with Crippen LogP contribution < -0.4 is 4.74 Å². The van der Waals surface area contributed by atoms with Crippen molar-refractivity contribution in [2.45, 2.75) is 26.4 Å². The van der Waals surface area contributed by atoms with Crippen molar-refractivity contribution < 1.29 is 18.7 Å². The maximum atomic E-state index is 12.7. The lowest BCUT2D eigenvalue weighted by Crippen LogP contribution is -2.46. The SMILES string of the molecule is COc1ccc(C[C@@H]2CN(C(=O)c3cc(C)oc3C)CCO2)cc1. The third-order valence-electron chi connectivity index (χ3n) is 4.32. The van der Waals surface area contributed by atoms with E-state index in [-0.39, 0.29) is 12.0 Å². The molecule has 1 aliphatic rings. The molecule has 5 heteroatoms. The number of methoxy groups -OCH3 is 1. The number of nitrogens with zero attached hydrogens (tertiary/aromatic N) is 1. The largest absolute Gasteiger partial charge is 0.497 e. The van der Waals surface area contributed by atoms with E-state index in [1.807, 2.05) is 49.1 Å². The Hall–Kier alpha value is -2.27. The Morgan fingerprint density at radius 2 is 2.04 bits per heavy atom. The first-order valence-corrected chi connectivity index (χ1v) is 8.17. The van der Waals surface area contributed by atoms with Gasteiger partial charge in [-0.2, -0.15) is 0 Å². The van der Waals surface area contributed by atoms with Crippen molar-refractivity contribution in [3.8, 4) is 5.75 Å². The molecule has 0 spiro atoms. The standard InChI is InChI=1S/C19H23NO4/c1-13-10-18(14(2)24-13)19(21)20-8-9-23-17(12-20)11-15-4-6-16(22-3)7-5-15/h4-7,10,17H,8-9,11-12H2,1-3H3/t17-/m1/s1. The van der Waals surface area contributed by atoms with Crippen molar-refractivity contribution in [1.29, 1.82) is 0 Å². The summed E-state index contributed by atoms with van der Waals surface area (Å²) in [5, 5.41) is 0. The van der Waals surface area contributed by atoms with Gasteiger partial charge in [-0.3, -0.25) is 4.79 Å². The number of aryl methyl sites for hydroxylation is 2. The lowest BCUT2D eigenvalue weighted by Gasteiger charge is -2.33. The van der Waals surface area contributed by atoms with E-state index >= 15 is 0 Å². The molecule has 24 heavy (non-hydrogen) atoms. The first-order valence-electron chi connectivity index (χ1n) is 8.17. The van der Waals surface area contributed by atoms with E-state index in [1.54, 1.807) is 7.11 Å². The lowest BCUT2D eigenvalue weighted by molar-refractivity contribution is -0.0208. The molecule has 1 aliphatic heterocycles. The third-order valence-corrected chi connectivity index (χ3v) is 4.32. The van der Waals surface area contributed by atoms with Crippen LogP contribution in [0.4, 0.5) is 0 Å². The van der Waals surface area contributed by atoms with E-state index in [2.05, 4.69) is 0 Å². The van der Waals surface area contributed by atoms with Crippen LogP contribution in [0.15, 0.2) is 34.7 Å². The van der Waals surface area contributed by atoms with E-state index in [9.17, 15) is 4.79 Å². The summed E-state index contributed by atoms with van der Waals surface area (Å²) < 4.78 is 16.5. The van der Waals surface area contributed by atoms with Crippen LogP contribution in [0.25, 0.3) is 0 Å². The van der Waals surface area contributed by atoms with Crippen molar-refractivity contribution in [2.24, 2.45) is 0 Å². The number of furan rings is 1. The predicted molar refractivity (Wildman–Crippen MR) is 90.5 cm³/mol. The number of carbonyl (C=O) groups excluding carboxylic acids is 1. The molecule has 5 nitrogen and oxygen atoms in total. The summed E-state index contributed by atoms with van der Waals surface area (Å²) in [4.78, 5) is 14.6. The van der Waals surface area contributed by atoms with Gasteiger partial charge in [-0.1, -0.05) is 12.1 Å². The highest BCUT2D eigenvalue weighted by Gasteiger charge is 2.27. The van der Waals surface area contributed by atoms with Gasteiger partial charge in [-0.15, -0.1) is 0 Å². The van der Waals surface area contributed by atoms with Crippen molar-refractivity contribution in [3.05, 3.63) is 53.0 Å². The fourth-order valence-corrected chi connectivity index (χ4v) is 3.07. The summed E-state index contributed by atoms with van der Waals surface area (Å²) in [6.07, 6.45) is 0.779. The molecule has 0 bridgehead atoms. The van der Waals surface area contributed by atoms with Crippen LogP contribution >= 0.6 is 0 Å². The Labute approximate surface area is 142 Å². The van der Waals surface area contributed by atoms with Gasteiger partial charge in [-0.25, -0.2) is 0 Å². The second kappa shape index (κ2) is 7.09. The van der Waals surface area contributed by atoms with Crippen LogP contribution in [0.1, 0.15) is 27.4 Å². The van der Waals surface area contributed by atoms with Crippen LogP contribution in [0.2, 0.25) is 0 Å². The summed E-state index contributed by atoms with van der Waals surface area (Å²) in [6, 6.07) is 9.77. The van der Waals surface area contributed by atoms with Gasteiger partial charge in [0.15, 0.2) is 0 Å². The molecular weight excluding hydrogens is 306 g/mol. The van der Waals surface area contributed by atoms with Crippen molar-refractivity contribution in [1.82, 2.24) is 4.90 Å². The number of benzene rings is 1. The van der Waals surface area contributed by atoms with E-state index in [0.29, 0.717) is 31.0 Å². The van der Waals surface area contributed by atoms with Gasteiger partial charge in [0.05, 0.1) is 25.4 Å². The quantitative estimate of drug-likeness (QED) is 0.865. The molecule has 1 amide bonds. The van der Waals surface area contributed by atoms with E-state index < -0.39 is 0 Å². The number of carbonyl (C=O) groups is 1. The highest BCUT2D eigenvalue weighted by Crippen LogP contribution is 2.20. The van der Waals surface area contributed by atoms with E-state index in [1.165, 1.54) is 5.56 Å². The molecular formula is C19H23NO4. The number of rotatable bonds is 4. The minimum Gasteiger partial charge on any atom is -0.497 e. The van der Waals surface area contributed by atoms with Crippen LogP contribution in [0, 0.1) is 13.8 Å². The average Bonchev–Trinajstić information content (AvgIpc) is 2.93. The minimum atomic E-state index is 0.00407. The van der Waals surface area contributed by atoms with Crippen LogP contribution in [-0.4, -0.2) is 43.7 Å². The summed E-state index contributed by atoms with van der Waals surface area (Å²) in [5.74, 6) is 2.30. The van der Waals surface area contributed by atoms with Gasteiger partial charge in [0.2, 0.25) is 0 Å². The zero-order valence-corrected chi connectivity index (χ0v) is 14.4. The summed E-state index contributed by atoms with van der Waals surface area (Å²) >= 11 is 0. The van der Waals surface area contributed by atoms with Crippen molar-refractivity contribution in [2.75, 3.05) is 26.8 Å². The molecule has 0 unspecified atom stereocenters. The topological polar surface area (TPSA) is 51.9 Å². The Bertz CT molecular complexity index is 705. The van der Waals surface area contributed by atoms with Gasteiger partial charge in [0, 0.05) is 19.5 Å². The second-order valence-electron chi connectivity index (χ2n) is 6.12. The number of amides is 1. The van der Waals surface area contributed by atoms with Gasteiger partial charge in [0.25, 0.3) is 5.91 Å². The average molecular weight is 329 g/mol. The first kappa shape index (κ1) is 16.6. The molecule has 2 heterocycles.